The van der Waals surface area contributed by atoms with Gasteiger partial charge >= 0.3 is 0 Å². The zero-order valence-corrected chi connectivity index (χ0v) is 14.4. The maximum atomic E-state index is 12.8. The molecule has 5 atom stereocenters. The Morgan fingerprint density at radius 2 is 1.73 bits per heavy atom. The minimum Gasteiger partial charge on any atom is -0.263 e. The second-order valence-corrected chi connectivity index (χ2v) is 9.54. The maximum Gasteiger partial charge on any atom is 0.297 e. The molecule has 4 aliphatic rings. The minimum atomic E-state index is -3.60. The van der Waals surface area contributed by atoms with Crippen LogP contribution in [0.2, 0.25) is 0 Å². The van der Waals surface area contributed by atoms with Crippen molar-refractivity contribution in [1.82, 2.24) is 0 Å². The lowest BCUT2D eigenvalue weighted by molar-refractivity contribution is 0.214. The highest BCUT2D eigenvalue weighted by atomic mass is 32.2. The van der Waals surface area contributed by atoms with Crippen LogP contribution in [0.5, 0.6) is 0 Å². The Labute approximate surface area is 132 Å². The summed E-state index contributed by atoms with van der Waals surface area (Å²) in [7, 11) is -3.60. The number of fused-ring (bicyclic) bond motifs is 7. The molecular formula is C18H22O3S. The lowest BCUT2D eigenvalue weighted by Gasteiger charge is -2.49. The van der Waals surface area contributed by atoms with E-state index < -0.39 is 10.1 Å². The Balaban J connectivity index is 1.89. The number of hydrogen-bond donors (Lipinski definition) is 0. The molecule has 3 nitrogen and oxygen atoms in total. The summed E-state index contributed by atoms with van der Waals surface area (Å²) in [5.41, 5.74) is 6.55. The average molecular weight is 318 g/mol. The molecule has 1 heterocycles. The Kier molecular flexibility index (Phi) is 2.23. The van der Waals surface area contributed by atoms with Crippen molar-refractivity contribution in [3.05, 3.63) is 27.8 Å². The summed E-state index contributed by atoms with van der Waals surface area (Å²) in [6.07, 6.45) is 2.76. The predicted octanol–water partition coefficient (Wildman–Crippen LogP) is 3.39. The van der Waals surface area contributed by atoms with Gasteiger partial charge in [-0.25, -0.2) is 0 Å². The van der Waals surface area contributed by atoms with Gasteiger partial charge in [-0.2, -0.15) is 8.42 Å². The lowest BCUT2D eigenvalue weighted by Crippen LogP contribution is -2.42. The molecule has 0 radical (unpaired) electrons. The fraction of sp³-hybridized carbons (Fsp3) is 0.667. The quantitative estimate of drug-likeness (QED) is 0.689. The van der Waals surface area contributed by atoms with E-state index in [2.05, 4.69) is 20.8 Å². The van der Waals surface area contributed by atoms with Gasteiger partial charge in [-0.15, -0.1) is 0 Å². The summed E-state index contributed by atoms with van der Waals surface area (Å²) < 4.78 is 31.0. The molecular weight excluding hydrogens is 296 g/mol. The molecule has 22 heavy (non-hydrogen) atoms. The van der Waals surface area contributed by atoms with E-state index in [-0.39, 0.29) is 11.5 Å². The second-order valence-electron chi connectivity index (χ2n) is 8.03. The van der Waals surface area contributed by atoms with Gasteiger partial charge in [-0.05, 0) is 65.3 Å². The highest BCUT2D eigenvalue weighted by Gasteiger charge is 2.67. The van der Waals surface area contributed by atoms with Gasteiger partial charge in [0.1, 0.15) is 4.90 Å². The SMILES string of the molecule is CC1Cc2c3c(c4c(c2S(=O)(=O)O1)C1(CC1C)C4C)CC3C. The van der Waals surface area contributed by atoms with Gasteiger partial charge in [-0.1, -0.05) is 20.8 Å². The van der Waals surface area contributed by atoms with Crippen molar-refractivity contribution in [2.45, 2.75) is 75.2 Å². The number of hydrogen-bond acceptors (Lipinski definition) is 3. The predicted molar refractivity (Wildman–Crippen MR) is 83.9 cm³/mol. The highest BCUT2D eigenvalue weighted by Crippen LogP contribution is 2.73. The van der Waals surface area contributed by atoms with Crippen molar-refractivity contribution in [3.8, 4) is 0 Å². The average Bonchev–Trinajstić information content (AvgIpc) is 3.08. The molecule has 3 aliphatic carbocycles. The molecule has 1 spiro atoms. The van der Waals surface area contributed by atoms with Gasteiger partial charge in [0.15, 0.2) is 0 Å². The molecule has 1 aromatic rings. The first-order valence-electron chi connectivity index (χ1n) is 8.44. The first kappa shape index (κ1) is 13.6. The van der Waals surface area contributed by atoms with Crippen LogP contribution in [-0.2, 0) is 32.6 Å². The minimum absolute atomic E-state index is 0.129. The van der Waals surface area contributed by atoms with Crippen molar-refractivity contribution in [3.63, 3.8) is 0 Å². The summed E-state index contributed by atoms with van der Waals surface area (Å²) in [4.78, 5) is 0.577. The largest absolute Gasteiger partial charge is 0.297 e. The van der Waals surface area contributed by atoms with Crippen molar-refractivity contribution < 1.29 is 12.6 Å². The molecule has 1 fully saturated rings. The summed E-state index contributed by atoms with van der Waals surface area (Å²) >= 11 is 0. The molecule has 0 N–H and O–H groups in total. The molecule has 0 aromatic heterocycles. The summed E-state index contributed by atoms with van der Waals surface area (Å²) in [6.45, 7) is 8.64. The van der Waals surface area contributed by atoms with E-state index in [1.54, 1.807) is 0 Å². The van der Waals surface area contributed by atoms with Gasteiger partial charge < -0.3 is 0 Å². The van der Waals surface area contributed by atoms with E-state index in [9.17, 15) is 8.42 Å². The molecule has 0 amide bonds. The van der Waals surface area contributed by atoms with Gasteiger partial charge in [0.25, 0.3) is 10.1 Å². The van der Waals surface area contributed by atoms with Crippen LogP contribution in [0, 0.1) is 5.92 Å². The third-order valence-corrected chi connectivity index (χ3v) is 8.35. The molecule has 5 rings (SSSR count). The van der Waals surface area contributed by atoms with Crippen LogP contribution in [-0.4, -0.2) is 14.5 Å². The van der Waals surface area contributed by atoms with E-state index in [1.807, 2.05) is 6.92 Å². The van der Waals surface area contributed by atoms with E-state index >= 15 is 0 Å². The van der Waals surface area contributed by atoms with Gasteiger partial charge in [0.05, 0.1) is 6.10 Å². The van der Waals surface area contributed by atoms with Crippen LogP contribution in [0.3, 0.4) is 0 Å². The van der Waals surface area contributed by atoms with Gasteiger partial charge in [-0.3, -0.25) is 4.18 Å². The van der Waals surface area contributed by atoms with E-state index in [0.717, 1.165) is 30.4 Å². The first-order chi connectivity index (χ1) is 10.3. The standard InChI is InChI=1S/C18H22O3S/c1-8-5-12-14(8)13-6-10(3)21-22(19,20)17(13)16-15(12)11(4)18(16)7-9(18)2/h8-11H,5-7H2,1-4H3. The Bertz CT molecular complexity index is 839. The van der Waals surface area contributed by atoms with E-state index in [0.29, 0.717) is 22.6 Å². The Hall–Kier alpha value is -0.870. The second kappa shape index (κ2) is 3.62. The van der Waals surface area contributed by atoms with Crippen molar-refractivity contribution in [1.29, 1.82) is 0 Å². The van der Waals surface area contributed by atoms with Crippen LogP contribution in [0.4, 0.5) is 0 Å². The van der Waals surface area contributed by atoms with Crippen LogP contribution >= 0.6 is 0 Å². The van der Waals surface area contributed by atoms with Crippen molar-refractivity contribution in [2.75, 3.05) is 0 Å². The Morgan fingerprint density at radius 1 is 1.05 bits per heavy atom. The molecule has 1 saturated carbocycles. The number of benzene rings is 1. The highest BCUT2D eigenvalue weighted by molar-refractivity contribution is 7.87. The smallest absolute Gasteiger partial charge is 0.263 e. The van der Waals surface area contributed by atoms with Crippen LogP contribution < -0.4 is 0 Å². The zero-order valence-electron chi connectivity index (χ0n) is 13.6. The molecule has 0 saturated heterocycles. The molecule has 4 heteroatoms. The molecule has 0 bridgehead atoms. The monoisotopic (exact) mass is 318 g/mol. The third kappa shape index (κ3) is 1.24. The van der Waals surface area contributed by atoms with Crippen LogP contribution in [0.1, 0.15) is 73.8 Å². The number of rotatable bonds is 0. The van der Waals surface area contributed by atoms with Crippen LogP contribution in [0.25, 0.3) is 0 Å². The van der Waals surface area contributed by atoms with Crippen molar-refractivity contribution in [2.24, 2.45) is 5.92 Å². The first-order valence-corrected chi connectivity index (χ1v) is 9.85. The molecule has 5 unspecified atom stereocenters. The fourth-order valence-corrected chi connectivity index (χ4v) is 7.41. The van der Waals surface area contributed by atoms with Gasteiger partial charge in [0, 0.05) is 11.8 Å². The topological polar surface area (TPSA) is 43.4 Å². The van der Waals surface area contributed by atoms with Gasteiger partial charge in [0.2, 0.25) is 0 Å². The van der Waals surface area contributed by atoms with Crippen LogP contribution in [0.15, 0.2) is 4.90 Å². The third-order valence-electron chi connectivity index (χ3n) is 6.82. The van der Waals surface area contributed by atoms with E-state index in [1.165, 1.54) is 16.7 Å². The van der Waals surface area contributed by atoms with E-state index in [4.69, 9.17) is 4.18 Å². The molecule has 118 valence electrons. The zero-order chi connectivity index (χ0) is 15.6. The normalized spacial score (nSPS) is 42.7. The lowest BCUT2D eigenvalue weighted by atomic mass is 9.57. The Morgan fingerprint density at radius 3 is 2.32 bits per heavy atom. The fourth-order valence-electron chi connectivity index (χ4n) is 5.77. The van der Waals surface area contributed by atoms with Crippen molar-refractivity contribution >= 4 is 10.1 Å². The maximum absolute atomic E-state index is 12.8. The molecule has 1 aliphatic heterocycles. The summed E-state index contributed by atoms with van der Waals surface area (Å²) in [6, 6.07) is 0. The summed E-state index contributed by atoms with van der Waals surface area (Å²) in [5, 5.41) is 0. The summed E-state index contributed by atoms with van der Waals surface area (Å²) in [5.74, 6) is 1.61. The molecule has 1 aromatic carbocycles.